The van der Waals surface area contributed by atoms with Gasteiger partial charge in [-0.05, 0) is 18.2 Å². The van der Waals surface area contributed by atoms with Crippen LogP contribution in [0.15, 0.2) is 24.3 Å². The van der Waals surface area contributed by atoms with Crippen molar-refractivity contribution in [2.45, 2.75) is 0 Å². The summed E-state index contributed by atoms with van der Waals surface area (Å²) in [5.74, 6) is 0.681. The number of hydrogen-bond acceptors (Lipinski definition) is 2. The van der Waals surface area contributed by atoms with Crippen LogP contribution in [0.2, 0.25) is 5.02 Å². The van der Waals surface area contributed by atoms with Gasteiger partial charge in [0.15, 0.2) is 0 Å². The Balaban J connectivity index is 2.92. The van der Waals surface area contributed by atoms with E-state index in [4.69, 9.17) is 23.1 Å². The number of carboxylic acid groups (broad SMARTS) is 1. The van der Waals surface area contributed by atoms with E-state index < -0.39 is 18.4 Å². The minimum Gasteiger partial charge on any atom is -0.480 e. The molecule has 0 aliphatic rings. The summed E-state index contributed by atoms with van der Waals surface area (Å²) in [7, 11) is 0. The number of carbonyl (C=O) groups excluding carboxylic acids is 1. The fourth-order valence-corrected chi connectivity index (χ4v) is 1.47. The molecule has 1 rings (SSSR count). The highest BCUT2D eigenvalue weighted by Crippen LogP contribution is 2.12. The summed E-state index contributed by atoms with van der Waals surface area (Å²) in [6, 6.07) is 6.26. The lowest BCUT2D eigenvalue weighted by molar-refractivity contribution is -0.137. The zero-order chi connectivity index (χ0) is 12.8. The summed E-state index contributed by atoms with van der Waals surface area (Å²) in [6.45, 7) is -0.493. The number of benzene rings is 1. The highest BCUT2D eigenvalue weighted by atomic mass is 35.5. The Morgan fingerprint density at radius 2 is 2.18 bits per heavy atom. The Morgan fingerprint density at radius 3 is 2.71 bits per heavy atom. The Kier molecular flexibility index (Phi) is 4.56. The smallest absolute Gasteiger partial charge is 0.323 e. The molecule has 0 saturated carbocycles. The first kappa shape index (κ1) is 13.1. The van der Waals surface area contributed by atoms with Crippen LogP contribution in [0.1, 0.15) is 10.4 Å². The second kappa shape index (κ2) is 5.92. The first-order valence-electron chi connectivity index (χ1n) is 4.74. The number of nitrogens with zero attached hydrogens (tertiary/aromatic N) is 1. The Bertz CT molecular complexity index is 479. The number of amides is 1. The molecule has 5 heteroatoms. The van der Waals surface area contributed by atoms with Crippen LogP contribution in [0.5, 0.6) is 0 Å². The molecule has 1 amide bonds. The van der Waals surface area contributed by atoms with E-state index in [2.05, 4.69) is 5.92 Å². The summed E-state index contributed by atoms with van der Waals surface area (Å²) in [4.78, 5) is 23.6. The van der Waals surface area contributed by atoms with Crippen molar-refractivity contribution in [2.75, 3.05) is 13.1 Å². The van der Waals surface area contributed by atoms with Crippen molar-refractivity contribution < 1.29 is 14.7 Å². The van der Waals surface area contributed by atoms with E-state index in [0.29, 0.717) is 10.6 Å². The van der Waals surface area contributed by atoms with Crippen LogP contribution in [0.4, 0.5) is 0 Å². The predicted octanol–water partition coefficient (Wildman–Crippen LogP) is 1.50. The van der Waals surface area contributed by atoms with E-state index in [-0.39, 0.29) is 6.54 Å². The fourth-order valence-electron chi connectivity index (χ4n) is 1.28. The Hall–Kier alpha value is -1.99. The lowest BCUT2D eigenvalue weighted by atomic mass is 10.2. The molecule has 1 aromatic rings. The molecule has 17 heavy (non-hydrogen) atoms. The number of rotatable bonds is 4. The minimum atomic E-state index is -1.12. The van der Waals surface area contributed by atoms with Gasteiger partial charge < -0.3 is 10.0 Å². The van der Waals surface area contributed by atoms with Gasteiger partial charge in [-0.15, -0.1) is 6.42 Å². The number of halogens is 1. The standard InChI is InChI=1S/C12H10ClNO3/c1-2-6-14(8-11(15)16)12(17)9-4-3-5-10(13)7-9/h1,3-5,7H,6,8H2,(H,15,16). The van der Waals surface area contributed by atoms with Gasteiger partial charge in [-0.2, -0.15) is 0 Å². The van der Waals surface area contributed by atoms with Crippen molar-refractivity contribution in [2.24, 2.45) is 0 Å². The van der Waals surface area contributed by atoms with Crippen molar-refractivity contribution in [3.8, 4) is 12.3 Å². The van der Waals surface area contributed by atoms with Gasteiger partial charge in [-0.25, -0.2) is 0 Å². The lowest BCUT2D eigenvalue weighted by Crippen LogP contribution is -2.35. The maximum Gasteiger partial charge on any atom is 0.323 e. The molecule has 4 nitrogen and oxygen atoms in total. The second-order valence-corrected chi connectivity index (χ2v) is 3.71. The topological polar surface area (TPSA) is 57.6 Å². The van der Waals surface area contributed by atoms with E-state index in [1.807, 2.05) is 0 Å². The number of aliphatic carboxylic acids is 1. The maximum atomic E-state index is 11.9. The normalized spacial score (nSPS) is 9.41. The van der Waals surface area contributed by atoms with Crippen molar-refractivity contribution in [3.63, 3.8) is 0 Å². The monoisotopic (exact) mass is 251 g/mol. The van der Waals surface area contributed by atoms with Gasteiger partial charge in [0, 0.05) is 10.6 Å². The van der Waals surface area contributed by atoms with Gasteiger partial charge in [0.1, 0.15) is 6.54 Å². The zero-order valence-corrected chi connectivity index (χ0v) is 9.65. The zero-order valence-electron chi connectivity index (χ0n) is 8.89. The molecule has 0 atom stereocenters. The largest absolute Gasteiger partial charge is 0.480 e. The number of hydrogen-bond donors (Lipinski definition) is 1. The summed E-state index contributed by atoms with van der Waals surface area (Å²) < 4.78 is 0. The van der Waals surface area contributed by atoms with Crippen LogP contribution < -0.4 is 0 Å². The van der Waals surface area contributed by atoms with E-state index in [9.17, 15) is 9.59 Å². The molecule has 0 spiro atoms. The number of carbonyl (C=O) groups is 2. The molecule has 0 unspecified atom stereocenters. The molecule has 1 N–H and O–H groups in total. The van der Waals surface area contributed by atoms with Gasteiger partial charge in [-0.1, -0.05) is 23.6 Å². The van der Waals surface area contributed by atoms with Gasteiger partial charge >= 0.3 is 5.97 Å². The van der Waals surface area contributed by atoms with Gasteiger partial charge in [0.25, 0.3) is 5.91 Å². The molecule has 88 valence electrons. The molecule has 0 aromatic heterocycles. The molecular weight excluding hydrogens is 242 g/mol. The summed E-state index contributed by atoms with van der Waals surface area (Å²) in [5.41, 5.74) is 0.314. The third kappa shape index (κ3) is 3.82. The van der Waals surface area contributed by atoms with Gasteiger partial charge in [-0.3, -0.25) is 9.59 Å². The van der Waals surface area contributed by atoms with Gasteiger partial charge in [0.05, 0.1) is 6.54 Å². The third-order valence-electron chi connectivity index (χ3n) is 1.97. The average molecular weight is 252 g/mol. The molecule has 0 radical (unpaired) electrons. The highest BCUT2D eigenvalue weighted by Gasteiger charge is 2.17. The summed E-state index contributed by atoms with van der Waals surface area (Å²) in [5, 5.41) is 9.08. The molecule has 0 aliphatic heterocycles. The van der Waals surface area contributed by atoms with Crippen LogP contribution in [0.3, 0.4) is 0 Å². The number of carboxylic acids is 1. The first-order chi connectivity index (χ1) is 8.04. The summed E-state index contributed by atoms with van der Waals surface area (Å²) in [6.07, 6.45) is 5.09. The quantitative estimate of drug-likeness (QED) is 0.825. The van der Waals surface area contributed by atoms with E-state index >= 15 is 0 Å². The Morgan fingerprint density at radius 1 is 1.47 bits per heavy atom. The van der Waals surface area contributed by atoms with E-state index in [0.717, 1.165) is 4.90 Å². The molecule has 1 aromatic carbocycles. The third-order valence-corrected chi connectivity index (χ3v) is 2.20. The minimum absolute atomic E-state index is 0.0579. The molecule has 0 heterocycles. The van der Waals surface area contributed by atoms with Gasteiger partial charge in [0.2, 0.25) is 0 Å². The maximum absolute atomic E-state index is 11.9. The van der Waals surface area contributed by atoms with Crippen molar-refractivity contribution in [1.29, 1.82) is 0 Å². The molecule has 0 bridgehead atoms. The second-order valence-electron chi connectivity index (χ2n) is 3.27. The van der Waals surface area contributed by atoms with Crippen LogP contribution in [-0.4, -0.2) is 35.0 Å². The molecule has 0 fully saturated rings. The Labute approximate surface area is 104 Å². The average Bonchev–Trinajstić information content (AvgIpc) is 2.27. The lowest BCUT2D eigenvalue weighted by Gasteiger charge is -2.17. The number of terminal acetylenes is 1. The fraction of sp³-hybridized carbons (Fsp3) is 0.167. The van der Waals surface area contributed by atoms with E-state index in [1.54, 1.807) is 18.2 Å². The SMILES string of the molecule is C#CCN(CC(=O)O)C(=O)c1cccc(Cl)c1. The molecular formula is C12H10ClNO3. The van der Waals surface area contributed by atoms with Crippen LogP contribution in [0, 0.1) is 12.3 Å². The molecule has 0 saturated heterocycles. The first-order valence-corrected chi connectivity index (χ1v) is 5.12. The van der Waals surface area contributed by atoms with Crippen LogP contribution in [-0.2, 0) is 4.79 Å². The van der Waals surface area contributed by atoms with Crippen LogP contribution in [0.25, 0.3) is 0 Å². The van der Waals surface area contributed by atoms with Crippen molar-refractivity contribution in [1.82, 2.24) is 4.90 Å². The molecule has 0 aliphatic carbocycles. The van der Waals surface area contributed by atoms with Crippen molar-refractivity contribution >= 4 is 23.5 Å². The van der Waals surface area contributed by atoms with Crippen molar-refractivity contribution in [3.05, 3.63) is 34.9 Å². The van der Waals surface area contributed by atoms with Crippen LogP contribution >= 0.6 is 11.6 Å². The summed E-state index contributed by atoms with van der Waals surface area (Å²) >= 11 is 5.75. The predicted molar refractivity (Wildman–Crippen MR) is 63.8 cm³/mol. The highest BCUT2D eigenvalue weighted by molar-refractivity contribution is 6.30. The van der Waals surface area contributed by atoms with E-state index in [1.165, 1.54) is 6.07 Å².